The van der Waals surface area contributed by atoms with Crippen molar-refractivity contribution in [2.75, 3.05) is 18.1 Å². The SMILES string of the molecule is CCOC(=O)CSCCCCC#N. The van der Waals surface area contributed by atoms with E-state index in [4.69, 9.17) is 10.00 Å². The van der Waals surface area contributed by atoms with Crippen LogP contribution in [0.4, 0.5) is 0 Å². The van der Waals surface area contributed by atoms with E-state index >= 15 is 0 Å². The van der Waals surface area contributed by atoms with Crippen LogP contribution in [0.15, 0.2) is 0 Å². The molecule has 0 heterocycles. The van der Waals surface area contributed by atoms with Crippen molar-refractivity contribution in [1.82, 2.24) is 0 Å². The van der Waals surface area contributed by atoms with Crippen LogP contribution in [0.3, 0.4) is 0 Å². The molecule has 74 valence electrons. The Morgan fingerprint density at radius 1 is 1.54 bits per heavy atom. The molecule has 0 atom stereocenters. The molecule has 0 saturated carbocycles. The van der Waals surface area contributed by atoms with Crippen molar-refractivity contribution in [3.8, 4) is 6.07 Å². The van der Waals surface area contributed by atoms with E-state index in [2.05, 4.69) is 6.07 Å². The number of rotatable bonds is 7. The van der Waals surface area contributed by atoms with Crippen LogP contribution < -0.4 is 0 Å². The first-order chi connectivity index (χ1) is 6.31. The predicted molar refractivity (Wildman–Crippen MR) is 53.4 cm³/mol. The number of ether oxygens (including phenoxy) is 1. The number of thioether (sulfide) groups is 1. The second-order valence-electron chi connectivity index (χ2n) is 2.47. The van der Waals surface area contributed by atoms with Crippen LogP contribution >= 0.6 is 11.8 Å². The Bertz CT molecular complexity index is 177. The number of hydrogen-bond acceptors (Lipinski definition) is 4. The molecule has 0 radical (unpaired) electrons. The lowest BCUT2D eigenvalue weighted by Crippen LogP contribution is -2.06. The number of unbranched alkanes of at least 4 members (excludes halogenated alkanes) is 2. The van der Waals surface area contributed by atoms with E-state index < -0.39 is 0 Å². The van der Waals surface area contributed by atoms with Gasteiger partial charge < -0.3 is 4.74 Å². The predicted octanol–water partition coefficient (Wildman–Crippen LogP) is 1.98. The zero-order valence-electron chi connectivity index (χ0n) is 7.91. The Hall–Kier alpha value is -0.690. The van der Waals surface area contributed by atoms with Gasteiger partial charge in [-0.1, -0.05) is 0 Å². The summed E-state index contributed by atoms with van der Waals surface area (Å²) in [5.41, 5.74) is 0. The normalized spacial score (nSPS) is 9.23. The molecule has 0 spiro atoms. The number of carbonyl (C=O) groups is 1. The van der Waals surface area contributed by atoms with Gasteiger partial charge in [0.2, 0.25) is 0 Å². The average molecular weight is 201 g/mol. The molecular formula is C9H15NO2S. The van der Waals surface area contributed by atoms with Crippen molar-refractivity contribution in [3.05, 3.63) is 0 Å². The highest BCUT2D eigenvalue weighted by atomic mass is 32.2. The maximum absolute atomic E-state index is 10.8. The first-order valence-electron chi connectivity index (χ1n) is 4.41. The van der Waals surface area contributed by atoms with E-state index in [1.54, 1.807) is 18.7 Å². The molecule has 0 rings (SSSR count). The molecular weight excluding hydrogens is 186 g/mol. The molecule has 0 amide bonds. The topological polar surface area (TPSA) is 50.1 Å². The molecule has 0 N–H and O–H groups in total. The van der Waals surface area contributed by atoms with Crippen LogP contribution in [0.1, 0.15) is 26.2 Å². The van der Waals surface area contributed by atoms with Crippen molar-refractivity contribution in [3.63, 3.8) is 0 Å². The fourth-order valence-corrected chi connectivity index (χ4v) is 1.57. The third-order valence-corrected chi connectivity index (χ3v) is 2.37. The minimum atomic E-state index is -0.146. The summed E-state index contributed by atoms with van der Waals surface area (Å²) in [4.78, 5) is 10.8. The number of hydrogen-bond donors (Lipinski definition) is 0. The molecule has 0 aromatic rings. The third-order valence-electron chi connectivity index (χ3n) is 1.35. The van der Waals surface area contributed by atoms with Crippen molar-refractivity contribution in [1.29, 1.82) is 5.26 Å². The zero-order chi connectivity index (χ0) is 9.94. The van der Waals surface area contributed by atoms with E-state index in [1.165, 1.54) is 0 Å². The van der Waals surface area contributed by atoms with Crippen LogP contribution in [0.25, 0.3) is 0 Å². The lowest BCUT2D eigenvalue weighted by molar-refractivity contribution is -0.139. The van der Waals surface area contributed by atoms with E-state index in [0.717, 1.165) is 18.6 Å². The maximum atomic E-state index is 10.8. The van der Waals surface area contributed by atoms with Gasteiger partial charge in [0.05, 0.1) is 18.4 Å². The molecule has 0 fully saturated rings. The van der Waals surface area contributed by atoms with Gasteiger partial charge in [-0.3, -0.25) is 4.79 Å². The lowest BCUT2D eigenvalue weighted by atomic mass is 10.3. The Kier molecular flexibility index (Phi) is 8.90. The van der Waals surface area contributed by atoms with Crippen molar-refractivity contribution < 1.29 is 9.53 Å². The summed E-state index contributed by atoms with van der Waals surface area (Å²) >= 11 is 1.57. The molecule has 0 aromatic carbocycles. The van der Waals surface area contributed by atoms with Crippen LogP contribution in [-0.2, 0) is 9.53 Å². The van der Waals surface area contributed by atoms with Crippen LogP contribution in [-0.4, -0.2) is 24.1 Å². The van der Waals surface area contributed by atoms with Gasteiger partial charge >= 0.3 is 5.97 Å². The second kappa shape index (κ2) is 9.40. The molecule has 0 aliphatic heterocycles. The second-order valence-corrected chi connectivity index (χ2v) is 3.58. The quantitative estimate of drug-likeness (QED) is 0.467. The summed E-state index contributed by atoms with van der Waals surface area (Å²) in [5.74, 6) is 1.22. The van der Waals surface area contributed by atoms with Crippen LogP contribution in [0.2, 0.25) is 0 Å². The highest BCUT2D eigenvalue weighted by Crippen LogP contribution is 2.06. The summed E-state index contributed by atoms with van der Waals surface area (Å²) in [6, 6.07) is 2.09. The molecule has 0 aromatic heterocycles. The van der Waals surface area contributed by atoms with E-state index in [1.807, 2.05) is 0 Å². The summed E-state index contributed by atoms with van der Waals surface area (Å²) in [5, 5.41) is 8.25. The third kappa shape index (κ3) is 9.22. The largest absolute Gasteiger partial charge is 0.465 e. The molecule has 0 bridgehead atoms. The minimum absolute atomic E-state index is 0.146. The summed E-state index contributed by atoms with van der Waals surface area (Å²) < 4.78 is 4.76. The fourth-order valence-electron chi connectivity index (χ4n) is 0.766. The highest BCUT2D eigenvalue weighted by molar-refractivity contribution is 7.99. The van der Waals surface area contributed by atoms with Gasteiger partial charge in [0, 0.05) is 6.42 Å². The lowest BCUT2D eigenvalue weighted by Gasteiger charge is -2.00. The van der Waals surface area contributed by atoms with Crippen LogP contribution in [0.5, 0.6) is 0 Å². The monoisotopic (exact) mass is 201 g/mol. The van der Waals surface area contributed by atoms with E-state index in [-0.39, 0.29) is 5.97 Å². The summed E-state index contributed by atoms with van der Waals surface area (Å²) in [6.45, 7) is 2.25. The number of carbonyl (C=O) groups excluding carboxylic acids is 1. The van der Waals surface area contributed by atoms with Gasteiger partial charge in [0.25, 0.3) is 0 Å². The van der Waals surface area contributed by atoms with Crippen molar-refractivity contribution >= 4 is 17.7 Å². The Labute approximate surface area is 83.4 Å². The molecule has 0 unspecified atom stereocenters. The molecule has 0 aliphatic carbocycles. The van der Waals surface area contributed by atoms with Gasteiger partial charge in [0.15, 0.2) is 0 Å². The Balaban J connectivity index is 3.07. The molecule has 0 saturated heterocycles. The van der Waals surface area contributed by atoms with Crippen molar-refractivity contribution in [2.45, 2.75) is 26.2 Å². The molecule has 13 heavy (non-hydrogen) atoms. The first kappa shape index (κ1) is 12.3. The smallest absolute Gasteiger partial charge is 0.315 e. The van der Waals surface area contributed by atoms with Gasteiger partial charge in [0.1, 0.15) is 0 Å². The number of esters is 1. The van der Waals surface area contributed by atoms with Gasteiger partial charge in [-0.05, 0) is 25.5 Å². The van der Waals surface area contributed by atoms with E-state index in [9.17, 15) is 4.79 Å². The summed E-state index contributed by atoms with van der Waals surface area (Å²) in [7, 11) is 0. The Morgan fingerprint density at radius 3 is 2.92 bits per heavy atom. The number of nitrogens with zero attached hydrogens (tertiary/aromatic N) is 1. The van der Waals surface area contributed by atoms with Crippen molar-refractivity contribution in [2.24, 2.45) is 0 Å². The molecule has 3 nitrogen and oxygen atoms in total. The fraction of sp³-hybridized carbons (Fsp3) is 0.778. The maximum Gasteiger partial charge on any atom is 0.315 e. The summed E-state index contributed by atoms with van der Waals surface area (Å²) in [6.07, 6.45) is 2.53. The molecule has 4 heteroatoms. The standard InChI is InChI=1S/C9H15NO2S/c1-2-12-9(11)8-13-7-5-3-4-6-10/h2-5,7-8H2,1H3. The minimum Gasteiger partial charge on any atom is -0.465 e. The zero-order valence-corrected chi connectivity index (χ0v) is 8.73. The van der Waals surface area contributed by atoms with Gasteiger partial charge in [-0.2, -0.15) is 17.0 Å². The Morgan fingerprint density at radius 2 is 2.31 bits per heavy atom. The average Bonchev–Trinajstić information content (AvgIpc) is 2.11. The van der Waals surface area contributed by atoms with Gasteiger partial charge in [-0.25, -0.2) is 0 Å². The molecule has 0 aliphatic rings. The van der Waals surface area contributed by atoms with Gasteiger partial charge in [-0.15, -0.1) is 0 Å². The number of nitriles is 1. The van der Waals surface area contributed by atoms with Crippen LogP contribution in [0, 0.1) is 11.3 Å². The first-order valence-corrected chi connectivity index (χ1v) is 5.57. The van der Waals surface area contributed by atoms with E-state index in [0.29, 0.717) is 18.8 Å². The highest BCUT2D eigenvalue weighted by Gasteiger charge is 2.00.